The highest BCUT2D eigenvalue weighted by molar-refractivity contribution is 5.87. The van der Waals surface area contributed by atoms with E-state index in [1.807, 2.05) is 0 Å². The number of carbonyl (C=O) groups is 2. The van der Waals surface area contributed by atoms with Crippen LogP contribution in [0.15, 0.2) is 0 Å². The summed E-state index contributed by atoms with van der Waals surface area (Å²) in [6.45, 7) is 0.915. The maximum Gasteiger partial charge on any atom is 0.226 e. The lowest BCUT2D eigenvalue weighted by Gasteiger charge is -2.29. The predicted octanol–water partition coefficient (Wildman–Crippen LogP) is 2.64. The first kappa shape index (κ1) is 12.7. The number of amides is 1. The molecule has 21 heavy (non-hydrogen) atoms. The van der Waals surface area contributed by atoms with Gasteiger partial charge >= 0.3 is 0 Å². The minimum absolute atomic E-state index is 0.173. The Morgan fingerprint density at radius 1 is 1.00 bits per heavy atom. The number of hydrogen-bond donors (Lipinski definition) is 0. The van der Waals surface area contributed by atoms with Crippen LogP contribution in [-0.4, -0.2) is 29.2 Å². The predicted molar refractivity (Wildman–Crippen MR) is 78.4 cm³/mol. The first-order valence-electron chi connectivity index (χ1n) is 9.09. The van der Waals surface area contributed by atoms with Crippen molar-refractivity contribution < 1.29 is 9.59 Å². The minimum atomic E-state index is 0.173. The van der Waals surface area contributed by atoms with E-state index in [2.05, 4.69) is 4.90 Å². The molecule has 0 radical (unpaired) electrons. The maximum absolute atomic E-state index is 13.0. The molecule has 0 aromatic carbocycles. The second kappa shape index (κ2) is 4.33. The van der Waals surface area contributed by atoms with Gasteiger partial charge in [0.15, 0.2) is 0 Å². The molecule has 4 aliphatic carbocycles. The van der Waals surface area contributed by atoms with Crippen molar-refractivity contribution in [3.63, 3.8) is 0 Å². The van der Waals surface area contributed by atoms with Crippen LogP contribution in [0.1, 0.15) is 51.4 Å². The Labute approximate surface area is 126 Å². The highest BCUT2D eigenvalue weighted by Gasteiger charge is 2.68. The van der Waals surface area contributed by atoms with Gasteiger partial charge < -0.3 is 4.90 Å². The van der Waals surface area contributed by atoms with Crippen molar-refractivity contribution in [3.05, 3.63) is 0 Å². The summed E-state index contributed by atoms with van der Waals surface area (Å²) in [5, 5.41) is 0. The van der Waals surface area contributed by atoms with Gasteiger partial charge in [0.1, 0.15) is 5.78 Å². The Bertz CT molecular complexity index is 485. The number of nitrogens with zero attached hydrogens (tertiary/aromatic N) is 1. The van der Waals surface area contributed by atoms with Gasteiger partial charge in [0.05, 0.1) is 0 Å². The van der Waals surface area contributed by atoms with Crippen LogP contribution in [0.5, 0.6) is 0 Å². The van der Waals surface area contributed by atoms with Crippen LogP contribution in [-0.2, 0) is 9.59 Å². The fraction of sp³-hybridized carbons (Fsp3) is 0.889. The smallest absolute Gasteiger partial charge is 0.226 e. The van der Waals surface area contributed by atoms with Gasteiger partial charge in [-0.1, -0.05) is 0 Å². The third kappa shape index (κ3) is 1.66. The molecule has 1 amide bonds. The van der Waals surface area contributed by atoms with Gasteiger partial charge in [0.2, 0.25) is 5.91 Å². The second-order valence-corrected chi connectivity index (χ2v) is 8.22. The van der Waals surface area contributed by atoms with Crippen LogP contribution in [0.25, 0.3) is 0 Å². The van der Waals surface area contributed by atoms with E-state index < -0.39 is 0 Å². The normalized spacial score (nSPS) is 50.8. The zero-order chi connectivity index (χ0) is 14.1. The number of hydrogen-bond acceptors (Lipinski definition) is 2. The first-order valence-corrected chi connectivity index (χ1v) is 9.09. The van der Waals surface area contributed by atoms with Gasteiger partial charge in [-0.2, -0.15) is 0 Å². The van der Waals surface area contributed by atoms with E-state index in [1.165, 1.54) is 19.3 Å². The maximum atomic E-state index is 13.0. The lowest BCUT2D eigenvalue weighted by atomic mass is 9.94. The summed E-state index contributed by atoms with van der Waals surface area (Å²) < 4.78 is 0. The Kier molecular flexibility index (Phi) is 2.61. The van der Waals surface area contributed by atoms with Crippen LogP contribution >= 0.6 is 0 Å². The summed E-state index contributed by atoms with van der Waals surface area (Å²) in [7, 11) is 0. The molecular weight excluding hydrogens is 262 g/mol. The summed E-state index contributed by atoms with van der Waals surface area (Å²) in [5.41, 5.74) is 0. The minimum Gasteiger partial charge on any atom is -0.339 e. The molecule has 0 aromatic rings. The van der Waals surface area contributed by atoms with Crippen molar-refractivity contribution in [1.82, 2.24) is 4.90 Å². The van der Waals surface area contributed by atoms with Crippen LogP contribution in [0.4, 0.5) is 0 Å². The van der Waals surface area contributed by atoms with Crippen molar-refractivity contribution >= 4 is 11.7 Å². The van der Waals surface area contributed by atoms with E-state index in [4.69, 9.17) is 0 Å². The Balaban J connectivity index is 1.33. The standard InChI is InChI=1S/C18H25NO2/c20-14-5-1-3-12(14)13-4-2-8-19(13)18(21)17-15-10-6-7-11(9-10)16(15)17/h10-13,15-17H,1-9H2. The van der Waals surface area contributed by atoms with Crippen LogP contribution in [0, 0.1) is 35.5 Å². The molecule has 0 spiro atoms. The molecule has 5 aliphatic rings. The summed E-state index contributed by atoms with van der Waals surface area (Å²) in [4.78, 5) is 27.3. The number of fused-ring (bicyclic) bond motifs is 5. The fourth-order valence-corrected chi connectivity index (χ4v) is 6.58. The van der Waals surface area contributed by atoms with E-state index >= 15 is 0 Å². The lowest BCUT2D eigenvalue weighted by Crippen LogP contribution is -2.43. The lowest BCUT2D eigenvalue weighted by molar-refractivity contribution is -0.136. The van der Waals surface area contributed by atoms with Gasteiger partial charge in [0, 0.05) is 30.8 Å². The van der Waals surface area contributed by atoms with Crippen molar-refractivity contribution in [2.75, 3.05) is 6.54 Å². The first-order chi connectivity index (χ1) is 10.3. The van der Waals surface area contributed by atoms with Gasteiger partial charge in [-0.3, -0.25) is 9.59 Å². The van der Waals surface area contributed by atoms with Gasteiger partial charge in [-0.15, -0.1) is 0 Å². The molecule has 3 heteroatoms. The molecule has 0 aromatic heterocycles. The average Bonchev–Trinajstić information content (AvgIpc) is 2.99. The zero-order valence-electron chi connectivity index (χ0n) is 12.7. The highest BCUT2D eigenvalue weighted by Crippen LogP contribution is 2.69. The number of likely N-dealkylation sites (tertiary alicyclic amines) is 1. The fourth-order valence-electron chi connectivity index (χ4n) is 6.58. The largest absolute Gasteiger partial charge is 0.339 e. The SMILES string of the molecule is O=C1CCCC1C1CCCN1C(=O)C1C2C3CCC(C3)C12. The van der Waals surface area contributed by atoms with E-state index in [9.17, 15) is 9.59 Å². The average molecular weight is 287 g/mol. The molecule has 1 saturated heterocycles. The zero-order valence-corrected chi connectivity index (χ0v) is 12.7. The third-order valence-electron chi connectivity index (χ3n) is 7.42. The Hall–Kier alpha value is -0.860. The molecule has 0 N–H and O–H groups in total. The second-order valence-electron chi connectivity index (χ2n) is 8.22. The van der Waals surface area contributed by atoms with Crippen LogP contribution in [0.2, 0.25) is 0 Å². The molecule has 1 aliphatic heterocycles. The molecule has 5 rings (SSSR count). The number of Topliss-reactive ketones (excluding diaryl/α,β-unsaturated/α-hetero) is 1. The van der Waals surface area contributed by atoms with E-state index in [1.54, 1.807) is 0 Å². The summed E-state index contributed by atoms with van der Waals surface area (Å²) in [6.07, 6.45) is 9.15. The van der Waals surface area contributed by atoms with E-state index in [0.29, 0.717) is 17.6 Å². The third-order valence-corrected chi connectivity index (χ3v) is 7.42. The Morgan fingerprint density at radius 2 is 1.76 bits per heavy atom. The molecule has 5 fully saturated rings. The molecule has 6 atom stereocenters. The summed E-state index contributed by atoms with van der Waals surface area (Å²) in [5.74, 6) is 4.58. The Morgan fingerprint density at radius 3 is 2.43 bits per heavy atom. The van der Waals surface area contributed by atoms with Crippen molar-refractivity contribution in [1.29, 1.82) is 0 Å². The summed E-state index contributed by atoms with van der Waals surface area (Å²) >= 11 is 0. The summed E-state index contributed by atoms with van der Waals surface area (Å²) in [6, 6.07) is 0.256. The monoisotopic (exact) mass is 287 g/mol. The van der Waals surface area contributed by atoms with Crippen LogP contribution in [0.3, 0.4) is 0 Å². The van der Waals surface area contributed by atoms with Gasteiger partial charge in [-0.25, -0.2) is 0 Å². The van der Waals surface area contributed by atoms with E-state index in [0.717, 1.165) is 62.3 Å². The van der Waals surface area contributed by atoms with Gasteiger partial charge in [-0.05, 0) is 68.6 Å². The highest BCUT2D eigenvalue weighted by atomic mass is 16.2. The molecule has 114 valence electrons. The van der Waals surface area contributed by atoms with Crippen molar-refractivity contribution in [3.8, 4) is 0 Å². The number of carbonyl (C=O) groups excluding carboxylic acids is 2. The molecular formula is C18H25NO2. The number of rotatable bonds is 2. The molecule has 2 bridgehead atoms. The van der Waals surface area contributed by atoms with Crippen molar-refractivity contribution in [2.45, 2.75) is 57.4 Å². The quantitative estimate of drug-likeness (QED) is 0.783. The van der Waals surface area contributed by atoms with Crippen molar-refractivity contribution in [2.24, 2.45) is 35.5 Å². The van der Waals surface area contributed by atoms with Gasteiger partial charge in [0.25, 0.3) is 0 Å². The molecule has 1 heterocycles. The number of ketones is 1. The van der Waals surface area contributed by atoms with Crippen LogP contribution < -0.4 is 0 Å². The molecule has 6 unspecified atom stereocenters. The topological polar surface area (TPSA) is 37.4 Å². The molecule has 3 nitrogen and oxygen atoms in total. The van der Waals surface area contributed by atoms with E-state index in [-0.39, 0.29) is 12.0 Å². The molecule has 4 saturated carbocycles.